The lowest BCUT2D eigenvalue weighted by Crippen LogP contribution is -2.20. The molecule has 0 aliphatic rings. The molecule has 0 aromatic heterocycles. The predicted octanol–water partition coefficient (Wildman–Crippen LogP) is 3.97. The van der Waals surface area contributed by atoms with Gasteiger partial charge in [-0.2, -0.15) is 0 Å². The van der Waals surface area contributed by atoms with Crippen molar-refractivity contribution in [3.8, 4) is 5.75 Å². The number of benzene rings is 2. The molecule has 0 saturated carbocycles. The summed E-state index contributed by atoms with van der Waals surface area (Å²) in [7, 11) is 0. The Morgan fingerprint density at radius 1 is 1.05 bits per heavy atom. The number of aliphatic hydroxyl groups excluding tert-OH is 1. The minimum Gasteiger partial charge on any atom is -0.406 e. The molecule has 2 rings (SSSR count). The maximum absolute atomic E-state index is 12.2. The highest BCUT2D eigenvalue weighted by Crippen LogP contribution is 2.31. The zero-order valence-corrected chi connectivity index (χ0v) is 12.0. The summed E-state index contributed by atoms with van der Waals surface area (Å²) in [6, 6.07) is 10.8. The Balaban J connectivity index is 2.19. The quantitative estimate of drug-likeness (QED) is 0.891. The van der Waals surface area contributed by atoms with Crippen LogP contribution in [0, 0.1) is 0 Å². The highest BCUT2D eigenvalue weighted by atomic mass is 35.5. The lowest BCUT2D eigenvalue weighted by atomic mass is 9.96. The van der Waals surface area contributed by atoms with E-state index in [9.17, 15) is 18.3 Å². The molecule has 0 fully saturated rings. The van der Waals surface area contributed by atoms with Crippen molar-refractivity contribution < 1.29 is 23.0 Å². The van der Waals surface area contributed by atoms with Gasteiger partial charge in [-0.15, -0.1) is 13.2 Å². The van der Waals surface area contributed by atoms with Crippen molar-refractivity contribution in [3.05, 3.63) is 64.7 Å². The average Bonchev–Trinajstić information content (AvgIpc) is 2.45. The largest absolute Gasteiger partial charge is 0.573 e. The summed E-state index contributed by atoms with van der Waals surface area (Å²) in [6.07, 6.45) is -5.97. The molecule has 7 heteroatoms. The van der Waals surface area contributed by atoms with E-state index in [1.165, 1.54) is 12.1 Å². The van der Waals surface area contributed by atoms with E-state index >= 15 is 0 Å². The van der Waals surface area contributed by atoms with E-state index in [0.29, 0.717) is 10.6 Å². The van der Waals surface area contributed by atoms with E-state index in [1.807, 2.05) is 0 Å². The number of hydrogen-bond acceptors (Lipinski definition) is 3. The molecule has 0 bridgehead atoms. The predicted molar refractivity (Wildman–Crippen MR) is 76.5 cm³/mol. The third-order valence-corrected chi connectivity index (χ3v) is 3.28. The van der Waals surface area contributed by atoms with Gasteiger partial charge in [0.1, 0.15) is 5.75 Å². The normalized spacial score (nSPS) is 14.5. The summed E-state index contributed by atoms with van der Waals surface area (Å²) in [5.41, 5.74) is 6.78. The standard InChI is InChI=1S/C15H13ClF3NO2/c16-11-6-4-9(5-7-11)13(20)14(21)10-2-1-3-12(8-10)22-15(17,18)19/h1-8,13-14,21H,20H2. The van der Waals surface area contributed by atoms with Crippen molar-refractivity contribution in [1.82, 2.24) is 0 Å². The molecule has 0 amide bonds. The lowest BCUT2D eigenvalue weighted by Gasteiger charge is -2.20. The molecule has 2 aromatic rings. The number of rotatable bonds is 4. The molecule has 3 nitrogen and oxygen atoms in total. The van der Waals surface area contributed by atoms with Crippen molar-refractivity contribution in [3.63, 3.8) is 0 Å². The molecule has 2 aromatic carbocycles. The van der Waals surface area contributed by atoms with Crippen LogP contribution in [0.1, 0.15) is 23.3 Å². The summed E-state index contributed by atoms with van der Waals surface area (Å²) < 4.78 is 40.5. The second-order valence-corrected chi connectivity index (χ2v) is 5.08. The van der Waals surface area contributed by atoms with E-state index in [-0.39, 0.29) is 5.56 Å². The molecule has 118 valence electrons. The third-order valence-electron chi connectivity index (χ3n) is 3.03. The second-order valence-electron chi connectivity index (χ2n) is 4.64. The zero-order valence-electron chi connectivity index (χ0n) is 11.2. The molecule has 2 unspecified atom stereocenters. The summed E-state index contributed by atoms with van der Waals surface area (Å²) in [4.78, 5) is 0. The Bertz CT molecular complexity index is 631. The third kappa shape index (κ3) is 4.37. The molecule has 3 N–H and O–H groups in total. The van der Waals surface area contributed by atoms with Gasteiger partial charge < -0.3 is 15.6 Å². The highest BCUT2D eigenvalue weighted by Gasteiger charge is 2.31. The van der Waals surface area contributed by atoms with Crippen LogP contribution < -0.4 is 10.5 Å². The zero-order chi connectivity index (χ0) is 16.3. The number of nitrogens with two attached hydrogens (primary N) is 1. The molecule has 0 aliphatic carbocycles. The molecule has 0 aliphatic heterocycles. The maximum Gasteiger partial charge on any atom is 0.573 e. The molecule has 0 spiro atoms. The van der Waals surface area contributed by atoms with Gasteiger partial charge in [0.25, 0.3) is 0 Å². The van der Waals surface area contributed by atoms with Gasteiger partial charge in [-0.05, 0) is 35.4 Å². The second kappa shape index (κ2) is 6.56. The van der Waals surface area contributed by atoms with Crippen molar-refractivity contribution >= 4 is 11.6 Å². The topological polar surface area (TPSA) is 55.5 Å². The van der Waals surface area contributed by atoms with Crippen LogP contribution in [0.2, 0.25) is 5.02 Å². The van der Waals surface area contributed by atoms with Crippen LogP contribution in [-0.4, -0.2) is 11.5 Å². The Labute approximate surface area is 130 Å². The van der Waals surface area contributed by atoms with Crippen LogP contribution in [0.4, 0.5) is 13.2 Å². The fourth-order valence-electron chi connectivity index (χ4n) is 1.97. The molecular formula is C15H13ClF3NO2. The van der Waals surface area contributed by atoms with Gasteiger partial charge in [0, 0.05) is 5.02 Å². The molecular weight excluding hydrogens is 319 g/mol. The van der Waals surface area contributed by atoms with E-state index in [2.05, 4.69) is 4.74 Å². The average molecular weight is 332 g/mol. The van der Waals surface area contributed by atoms with E-state index in [4.69, 9.17) is 17.3 Å². The van der Waals surface area contributed by atoms with Crippen LogP contribution in [0.25, 0.3) is 0 Å². The van der Waals surface area contributed by atoms with Gasteiger partial charge in [-0.1, -0.05) is 35.9 Å². The molecule has 0 radical (unpaired) electrons. The van der Waals surface area contributed by atoms with Crippen molar-refractivity contribution in [1.29, 1.82) is 0 Å². The molecule has 2 atom stereocenters. The fraction of sp³-hybridized carbons (Fsp3) is 0.200. The van der Waals surface area contributed by atoms with Crippen molar-refractivity contribution in [2.24, 2.45) is 5.73 Å². The smallest absolute Gasteiger partial charge is 0.406 e. The first-order valence-corrected chi connectivity index (χ1v) is 6.69. The minimum atomic E-state index is -4.79. The summed E-state index contributed by atoms with van der Waals surface area (Å²) in [6.45, 7) is 0. The van der Waals surface area contributed by atoms with Gasteiger partial charge in [0.05, 0.1) is 12.1 Å². The van der Waals surface area contributed by atoms with Crippen LogP contribution in [0.15, 0.2) is 48.5 Å². The summed E-state index contributed by atoms with van der Waals surface area (Å²) in [5.74, 6) is -0.410. The van der Waals surface area contributed by atoms with Crippen molar-refractivity contribution in [2.75, 3.05) is 0 Å². The highest BCUT2D eigenvalue weighted by molar-refractivity contribution is 6.30. The fourth-order valence-corrected chi connectivity index (χ4v) is 2.10. The lowest BCUT2D eigenvalue weighted by molar-refractivity contribution is -0.274. The van der Waals surface area contributed by atoms with Crippen LogP contribution in [0.5, 0.6) is 5.75 Å². The van der Waals surface area contributed by atoms with Gasteiger partial charge in [0.2, 0.25) is 0 Å². The van der Waals surface area contributed by atoms with Crippen molar-refractivity contribution in [2.45, 2.75) is 18.5 Å². The van der Waals surface area contributed by atoms with Crippen LogP contribution in [0.3, 0.4) is 0 Å². The SMILES string of the molecule is NC(c1ccc(Cl)cc1)C(O)c1cccc(OC(F)(F)F)c1. The van der Waals surface area contributed by atoms with Gasteiger partial charge >= 0.3 is 6.36 Å². The first-order chi connectivity index (χ1) is 10.3. The van der Waals surface area contributed by atoms with E-state index in [0.717, 1.165) is 12.1 Å². The summed E-state index contributed by atoms with van der Waals surface area (Å²) in [5, 5.41) is 10.8. The molecule has 0 saturated heterocycles. The molecule has 22 heavy (non-hydrogen) atoms. The number of ether oxygens (including phenoxy) is 1. The first-order valence-electron chi connectivity index (χ1n) is 6.31. The van der Waals surface area contributed by atoms with Gasteiger partial charge in [-0.25, -0.2) is 0 Å². The van der Waals surface area contributed by atoms with Gasteiger partial charge in [-0.3, -0.25) is 0 Å². The number of hydrogen-bond donors (Lipinski definition) is 2. The monoisotopic (exact) mass is 331 g/mol. The van der Waals surface area contributed by atoms with Crippen LogP contribution >= 0.6 is 11.6 Å². The van der Waals surface area contributed by atoms with Crippen LogP contribution in [-0.2, 0) is 0 Å². The minimum absolute atomic E-state index is 0.226. The number of aliphatic hydroxyl groups is 1. The Hall–Kier alpha value is -1.76. The van der Waals surface area contributed by atoms with Gasteiger partial charge in [0.15, 0.2) is 0 Å². The molecule has 0 heterocycles. The summed E-state index contributed by atoms with van der Waals surface area (Å²) >= 11 is 5.77. The maximum atomic E-state index is 12.2. The Morgan fingerprint density at radius 2 is 1.68 bits per heavy atom. The first kappa shape index (κ1) is 16.6. The number of alkyl halides is 3. The Kier molecular flexibility index (Phi) is 4.95. The number of halogens is 4. The Morgan fingerprint density at radius 3 is 2.27 bits per heavy atom. The van der Waals surface area contributed by atoms with E-state index < -0.39 is 24.3 Å². The van der Waals surface area contributed by atoms with E-state index in [1.54, 1.807) is 24.3 Å².